The summed E-state index contributed by atoms with van der Waals surface area (Å²) in [4.78, 5) is 42.0. The Bertz CT molecular complexity index is 1430. The van der Waals surface area contributed by atoms with E-state index in [1.165, 1.54) is 0 Å². The minimum Gasteiger partial charge on any atom is -0.448 e. The van der Waals surface area contributed by atoms with E-state index >= 15 is 0 Å². The van der Waals surface area contributed by atoms with Crippen LogP contribution in [0.1, 0.15) is 22.7 Å². The molecule has 0 fully saturated rings. The Hall–Kier alpha value is -3.58. The Morgan fingerprint density at radius 2 is 1.64 bits per heavy atom. The van der Waals surface area contributed by atoms with E-state index in [1.807, 2.05) is 0 Å². The van der Waals surface area contributed by atoms with Gasteiger partial charge >= 0.3 is 11.3 Å². The number of aromatic nitrogens is 2. The van der Waals surface area contributed by atoms with Gasteiger partial charge in [0.25, 0.3) is 5.56 Å². The lowest BCUT2D eigenvalue weighted by atomic mass is 9.86. The summed E-state index contributed by atoms with van der Waals surface area (Å²) in [6.45, 7) is 0. The van der Waals surface area contributed by atoms with Crippen molar-refractivity contribution in [2.75, 3.05) is 0 Å². The summed E-state index contributed by atoms with van der Waals surface area (Å²) < 4.78 is 11.3. The van der Waals surface area contributed by atoms with Crippen LogP contribution in [-0.2, 0) is 0 Å². The van der Waals surface area contributed by atoms with Crippen molar-refractivity contribution in [3.63, 3.8) is 0 Å². The van der Waals surface area contributed by atoms with Crippen molar-refractivity contribution in [3.05, 3.63) is 102 Å². The van der Waals surface area contributed by atoms with Crippen LogP contribution in [0.15, 0.2) is 67.3 Å². The lowest BCUT2D eigenvalue weighted by molar-refractivity contribution is 0.426. The van der Waals surface area contributed by atoms with E-state index < -0.39 is 22.8 Å². The molecule has 28 heavy (non-hydrogen) atoms. The summed E-state index contributed by atoms with van der Waals surface area (Å²) >= 11 is 6.39. The highest BCUT2D eigenvalue weighted by Gasteiger charge is 2.37. The van der Waals surface area contributed by atoms with E-state index in [0.29, 0.717) is 21.6 Å². The fourth-order valence-electron chi connectivity index (χ4n) is 3.56. The molecule has 0 radical (unpaired) electrons. The summed E-state index contributed by atoms with van der Waals surface area (Å²) in [7, 11) is 0. The third-order valence-electron chi connectivity index (χ3n) is 4.72. The third kappa shape index (κ3) is 2.33. The molecule has 1 aliphatic heterocycles. The molecular formula is C20H11ClN2O5. The van der Waals surface area contributed by atoms with Crippen molar-refractivity contribution in [1.29, 1.82) is 0 Å². The Morgan fingerprint density at radius 3 is 2.46 bits per heavy atom. The predicted molar refractivity (Wildman–Crippen MR) is 103 cm³/mol. The zero-order valence-corrected chi connectivity index (χ0v) is 14.9. The van der Waals surface area contributed by atoms with Gasteiger partial charge in [0, 0.05) is 5.02 Å². The van der Waals surface area contributed by atoms with Crippen LogP contribution >= 0.6 is 11.6 Å². The zero-order chi connectivity index (χ0) is 19.4. The second-order valence-corrected chi connectivity index (χ2v) is 6.74. The summed E-state index contributed by atoms with van der Waals surface area (Å²) in [6.07, 6.45) is 0. The molecule has 1 atom stereocenters. The highest BCUT2D eigenvalue weighted by Crippen LogP contribution is 2.47. The summed E-state index contributed by atoms with van der Waals surface area (Å²) in [6, 6.07) is 13.7. The molecule has 8 heteroatoms. The topological polar surface area (TPSA) is 105 Å². The number of para-hydroxylation sites is 1. The van der Waals surface area contributed by atoms with Crippen LogP contribution in [0, 0.1) is 0 Å². The first kappa shape index (κ1) is 16.6. The quantitative estimate of drug-likeness (QED) is 0.425. The molecule has 0 aliphatic carbocycles. The molecule has 0 amide bonds. The van der Waals surface area contributed by atoms with Crippen LogP contribution < -0.4 is 21.6 Å². The molecule has 0 saturated carbocycles. The van der Waals surface area contributed by atoms with Gasteiger partial charge in [-0.15, -0.1) is 0 Å². The average molecular weight is 395 g/mol. The molecular weight excluding hydrogens is 384 g/mol. The van der Waals surface area contributed by atoms with Crippen LogP contribution in [0.25, 0.3) is 11.0 Å². The maximum atomic E-state index is 12.9. The van der Waals surface area contributed by atoms with E-state index in [4.69, 9.17) is 20.8 Å². The fraction of sp³-hybridized carbons (Fsp3) is 0.0500. The van der Waals surface area contributed by atoms with Crippen molar-refractivity contribution in [2.45, 2.75) is 5.92 Å². The average Bonchev–Trinajstić information content (AvgIpc) is 2.67. The lowest BCUT2D eigenvalue weighted by Gasteiger charge is -2.27. The highest BCUT2D eigenvalue weighted by molar-refractivity contribution is 6.31. The van der Waals surface area contributed by atoms with E-state index in [2.05, 4.69) is 9.97 Å². The molecule has 0 bridgehead atoms. The largest absolute Gasteiger partial charge is 0.448 e. The van der Waals surface area contributed by atoms with Crippen molar-refractivity contribution in [1.82, 2.24) is 9.97 Å². The molecule has 2 aromatic carbocycles. The number of H-pyrrole nitrogens is 2. The second-order valence-electron chi connectivity index (χ2n) is 6.34. The smallest absolute Gasteiger partial charge is 0.344 e. The summed E-state index contributed by atoms with van der Waals surface area (Å²) in [5, 5.41) is 0.908. The number of benzene rings is 2. The van der Waals surface area contributed by atoms with Gasteiger partial charge in [0.1, 0.15) is 11.3 Å². The van der Waals surface area contributed by atoms with Crippen LogP contribution in [0.2, 0.25) is 5.02 Å². The minimum atomic E-state index is -0.830. The van der Waals surface area contributed by atoms with E-state index in [0.717, 1.165) is 0 Å². The van der Waals surface area contributed by atoms with Gasteiger partial charge in [-0.2, -0.15) is 0 Å². The van der Waals surface area contributed by atoms with Crippen LogP contribution in [0.5, 0.6) is 11.5 Å². The predicted octanol–water partition coefficient (Wildman–Crippen LogP) is 3.11. The van der Waals surface area contributed by atoms with Gasteiger partial charge in [0.05, 0.1) is 22.6 Å². The molecule has 2 aromatic heterocycles. The molecule has 1 unspecified atom stereocenters. The van der Waals surface area contributed by atoms with E-state index in [-0.39, 0.29) is 22.8 Å². The maximum Gasteiger partial charge on any atom is 0.344 e. The van der Waals surface area contributed by atoms with E-state index in [1.54, 1.807) is 48.5 Å². The third-order valence-corrected chi connectivity index (χ3v) is 5.07. The first-order valence-electron chi connectivity index (χ1n) is 8.39. The molecule has 4 aromatic rings. The molecule has 138 valence electrons. The van der Waals surface area contributed by atoms with Gasteiger partial charge in [-0.1, -0.05) is 41.9 Å². The number of ether oxygens (including phenoxy) is 1. The van der Waals surface area contributed by atoms with Crippen molar-refractivity contribution >= 4 is 22.6 Å². The Kier molecular flexibility index (Phi) is 3.53. The molecule has 5 rings (SSSR count). The number of hydrogen-bond donors (Lipinski definition) is 2. The normalized spacial score (nSPS) is 15.0. The van der Waals surface area contributed by atoms with Gasteiger partial charge in [0.15, 0.2) is 0 Å². The Morgan fingerprint density at radius 1 is 0.893 bits per heavy atom. The lowest BCUT2D eigenvalue weighted by Crippen LogP contribution is -2.31. The standard InChI is InChI=1S/C20H11ClN2O5/c21-11-7-3-1-5-9(11)13-14-16(10-6-2-4-8-12(10)27-19(14)25)28-17-15(13)22-20(26)23-18(17)24/h1-8,13H,(H2,22,23,24,26). The monoisotopic (exact) mass is 394 g/mol. The number of nitrogens with one attached hydrogen (secondary N) is 2. The van der Waals surface area contributed by atoms with Gasteiger partial charge in [-0.25, -0.2) is 9.59 Å². The molecule has 7 nitrogen and oxygen atoms in total. The van der Waals surface area contributed by atoms with Gasteiger partial charge in [-0.3, -0.25) is 9.78 Å². The fourth-order valence-corrected chi connectivity index (χ4v) is 3.80. The van der Waals surface area contributed by atoms with E-state index in [9.17, 15) is 14.4 Å². The zero-order valence-electron chi connectivity index (χ0n) is 14.1. The minimum absolute atomic E-state index is 0.0900. The van der Waals surface area contributed by atoms with Crippen LogP contribution in [0.4, 0.5) is 0 Å². The van der Waals surface area contributed by atoms with Gasteiger partial charge in [0.2, 0.25) is 5.75 Å². The SMILES string of the molecule is O=c1[nH]c2c(c(=O)[nH]1)Oc1c(c(=O)oc3ccccc13)C2c1ccccc1Cl. The van der Waals surface area contributed by atoms with Crippen LogP contribution in [-0.4, -0.2) is 9.97 Å². The summed E-state index contributed by atoms with van der Waals surface area (Å²) in [5.41, 5.74) is -0.855. The molecule has 2 N–H and O–H groups in total. The van der Waals surface area contributed by atoms with Gasteiger partial charge in [-0.05, 0) is 23.8 Å². The molecule has 3 heterocycles. The van der Waals surface area contributed by atoms with Crippen LogP contribution in [0.3, 0.4) is 0 Å². The number of hydrogen-bond acceptors (Lipinski definition) is 5. The molecule has 0 spiro atoms. The van der Waals surface area contributed by atoms with Crippen molar-refractivity contribution in [3.8, 4) is 11.5 Å². The Labute approximate surface area is 161 Å². The van der Waals surface area contributed by atoms with Crippen molar-refractivity contribution < 1.29 is 9.15 Å². The van der Waals surface area contributed by atoms with Gasteiger partial charge < -0.3 is 14.1 Å². The number of fused-ring (bicyclic) bond motifs is 4. The molecule has 1 aliphatic rings. The summed E-state index contributed by atoms with van der Waals surface area (Å²) in [5.74, 6) is -0.710. The second kappa shape index (κ2) is 5.97. The maximum absolute atomic E-state index is 12.9. The van der Waals surface area contributed by atoms with Crippen molar-refractivity contribution in [2.24, 2.45) is 0 Å². The Balaban J connectivity index is 1.96. The molecule has 0 saturated heterocycles. The number of halogens is 1. The number of aromatic amines is 2. The first-order valence-corrected chi connectivity index (χ1v) is 8.77. The highest BCUT2D eigenvalue weighted by atomic mass is 35.5. The number of rotatable bonds is 1. The first-order chi connectivity index (χ1) is 13.5.